The summed E-state index contributed by atoms with van der Waals surface area (Å²) in [6.07, 6.45) is 5.92. The van der Waals surface area contributed by atoms with Gasteiger partial charge in [-0.25, -0.2) is 0 Å². The van der Waals surface area contributed by atoms with Gasteiger partial charge in [0.15, 0.2) is 0 Å². The van der Waals surface area contributed by atoms with Gasteiger partial charge in [0, 0.05) is 6.92 Å². The number of carbonyl (C=O) groups is 2. The molecule has 4 rings (SSSR count). The average Bonchev–Trinajstić information content (AvgIpc) is 3.05. The molecule has 0 heterocycles. The van der Waals surface area contributed by atoms with Crippen LogP contribution in [-0.4, -0.2) is 40.5 Å². The third kappa shape index (κ3) is 5.00. The molecule has 7 heteroatoms. The summed E-state index contributed by atoms with van der Waals surface area (Å²) in [4.78, 5) is 24.7. The van der Waals surface area contributed by atoms with E-state index in [2.05, 4.69) is 27.7 Å². The van der Waals surface area contributed by atoms with Gasteiger partial charge in [-0.15, -0.1) is 0 Å². The minimum atomic E-state index is -1.20. The largest absolute Gasteiger partial charge is 1.00 e. The van der Waals surface area contributed by atoms with Crippen molar-refractivity contribution in [3.8, 4) is 0 Å². The van der Waals surface area contributed by atoms with Crippen LogP contribution in [0.5, 0.6) is 0 Å². The monoisotopic (exact) mass is 538 g/mol. The summed E-state index contributed by atoms with van der Waals surface area (Å²) in [5.41, 5.74) is 1.31. The number of carbonyl (C=O) groups excluding carboxylic acids is 2. The van der Waals surface area contributed by atoms with Crippen LogP contribution >= 0.6 is 0 Å². The van der Waals surface area contributed by atoms with E-state index in [-0.39, 0.29) is 75.2 Å². The van der Waals surface area contributed by atoms with Crippen LogP contribution in [0.15, 0.2) is 22.8 Å². The van der Waals surface area contributed by atoms with Gasteiger partial charge in [0.25, 0.3) is 0 Å². The van der Waals surface area contributed by atoms with E-state index < -0.39 is 24.1 Å². The number of rotatable bonds is 5. The normalized spacial score (nSPS) is 45.0. The molecule has 4 saturated carbocycles. The molecule has 0 unspecified atom stereocenters. The van der Waals surface area contributed by atoms with Gasteiger partial charge in [-0.05, 0) is 116 Å². The fourth-order valence-electron chi connectivity index (χ4n) is 9.78. The van der Waals surface area contributed by atoms with Crippen molar-refractivity contribution in [2.75, 3.05) is 0 Å². The van der Waals surface area contributed by atoms with Gasteiger partial charge in [0.05, 0.1) is 18.2 Å². The van der Waals surface area contributed by atoms with Crippen molar-refractivity contribution in [1.29, 1.82) is 0 Å². The van der Waals surface area contributed by atoms with Gasteiger partial charge in [0.1, 0.15) is 6.10 Å². The molecule has 0 spiro atoms. The number of aliphatic hydroxyl groups is 2. The molecule has 208 valence electrons. The Morgan fingerprint density at radius 2 is 1.71 bits per heavy atom. The zero-order chi connectivity index (χ0) is 27.5. The van der Waals surface area contributed by atoms with Gasteiger partial charge in [-0.3, -0.25) is 4.79 Å². The molecule has 0 aromatic heterocycles. The van der Waals surface area contributed by atoms with E-state index in [0.29, 0.717) is 37.2 Å². The Morgan fingerprint density at radius 1 is 1.05 bits per heavy atom. The van der Waals surface area contributed by atoms with Crippen molar-refractivity contribution >= 4 is 11.9 Å². The van der Waals surface area contributed by atoms with E-state index in [4.69, 9.17) is 4.74 Å². The summed E-state index contributed by atoms with van der Waals surface area (Å²) in [7, 11) is 0. The molecular formula is C31H47NaO6. The third-order valence-electron chi connectivity index (χ3n) is 11.6. The second-order valence-corrected chi connectivity index (χ2v) is 13.6. The molecule has 2 N–H and O–H groups in total. The Kier molecular flexibility index (Phi) is 9.49. The minimum absolute atomic E-state index is 0. The maximum atomic E-state index is 12.5. The van der Waals surface area contributed by atoms with E-state index in [1.165, 1.54) is 6.92 Å². The second kappa shape index (κ2) is 11.3. The summed E-state index contributed by atoms with van der Waals surface area (Å²) in [6.45, 7) is 14.4. The van der Waals surface area contributed by atoms with Crippen molar-refractivity contribution in [2.45, 2.75) is 118 Å². The first kappa shape index (κ1) is 31.9. The van der Waals surface area contributed by atoms with Crippen molar-refractivity contribution < 1.29 is 59.2 Å². The van der Waals surface area contributed by atoms with Gasteiger partial charge in [0.2, 0.25) is 0 Å². The topological polar surface area (TPSA) is 107 Å². The fraction of sp³-hybridized carbons (Fsp3) is 0.806. The SMILES string of the molecule is CC(=O)O[C@H]1C[C@@]2(C)[C@H](C[C@@H](O)[C@H]3[C@@]4(C)CC[C@@H](O)[C@@H](C)[C@H]4CC[C@@]32C)/C1=C(/CCC=C(C)C)C(=O)[O-].[Na+]. The number of carboxylic acid groups (broad SMARTS) is 1. The fourth-order valence-corrected chi connectivity index (χ4v) is 9.78. The Hall–Kier alpha value is -0.660. The van der Waals surface area contributed by atoms with Crippen LogP contribution in [0.2, 0.25) is 0 Å². The average molecular weight is 539 g/mol. The second-order valence-electron chi connectivity index (χ2n) is 13.6. The number of fused-ring (bicyclic) bond motifs is 5. The van der Waals surface area contributed by atoms with Crippen LogP contribution < -0.4 is 34.7 Å². The number of hydrogen-bond acceptors (Lipinski definition) is 6. The standard InChI is InChI=1S/C31H48O6.Na/c1-17(2)9-8-10-20(28(35)36)26-22-15-24(34)27-29(5)13-12-23(33)18(3)21(29)11-14-30(27,6)31(22,7)16-25(26)37-19(4)32;/h9,18,21-25,27,33-34H,8,10-16H2,1-7H3,(H,35,36);/q;+1/p-1/b26-20+;/t18-,21+,22+,23+,24+,25-,27-,29-,30-,31-;/m0./s1. The Balaban J connectivity index is 0.00000400. The summed E-state index contributed by atoms with van der Waals surface area (Å²) in [5.74, 6) is -1.25. The van der Waals surface area contributed by atoms with E-state index in [9.17, 15) is 24.9 Å². The van der Waals surface area contributed by atoms with E-state index in [1.54, 1.807) is 0 Å². The zero-order valence-electron chi connectivity index (χ0n) is 24.8. The predicted octanol–water partition coefficient (Wildman–Crippen LogP) is 1.34. The molecule has 0 aliphatic heterocycles. The van der Waals surface area contributed by atoms with Crippen LogP contribution in [0.1, 0.15) is 99.8 Å². The summed E-state index contributed by atoms with van der Waals surface area (Å²) in [5, 5.41) is 35.0. The number of aliphatic hydroxyl groups excluding tert-OH is 2. The molecule has 0 amide bonds. The molecule has 0 aromatic rings. The first-order valence-corrected chi connectivity index (χ1v) is 14.3. The maximum Gasteiger partial charge on any atom is 1.00 e. The molecule has 0 aromatic carbocycles. The summed E-state index contributed by atoms with van der Waals surface area (Å²) >= 11 is 0. The number of carboxylic acids is 1. The molecule has 38 heavy (non-hydrogen) atoms. The summed E-state index contributed by atoms with van der Waals surface area (Å²) < 4.78 is 5.84. The zero-order valence-corrected chi connectivity index (χ0v) is 26.8. The number of esters is 1. The molecule has 0 saturated heterocycles. The quantitative estimate of drug-likeness (QED) is 0.237. The smallest absolute Gasteiger partial charge is 0.545 e. The van der Waals surface area contributed by atoms with Crippen LogP contribution in [0, 0.1) is 39.9 Å². The molecule has 6 nitrogen and oxygen atoms in total. The first-order valence-electron chi connectivity index (χ1n) is 14.3. The Morgan fingerprint density at radius 3 is 2.29 bits per heavy atom. The van der Waals surface area contributed by atoms with Gasteiger partial charge in [-0.1, -0.05) is 39.3 Å². The van der Waals surface area contributed by atoms with Crippen molar-refractivity contribution in [3.05, 3.63) is 22.8 Å². The number of allylic oxidation sites excluding steroid dienone is 2. The van der Waals surface area contributed by atoms with Crippen LogP contribution in [0.4, 0.5) is 0 Å². The van der Waals surface area contributed by atoms with Crippen LogP contribution in [-0.2, 0) is 14.3 Å². The molecule has 4 aliphatic carbocycles. The van der Waals surface area contributed by atoms with E-state index >= 15 is 0 Å². The molecule has 10 atom stereocenters. The molecule has 4 aliphatic rings. The van der Waals surface area contributed by atoms with Crippen LogP contribution in [0.3, 0.4) is 0 Å². The maximum absolute atomic E-state index is 12.5. The van der Waals surface area contributed by atoms with Gasteiger partial charge >= 0.3 is 35.5 Å². The molecular weight excluding hydrogens is 491 g/mol. The minimum Gasteiger partial charge on any atom is -0.545 e. The molecule has 4 fully saturated rings. The number of aliphatic carboxylic acids is 1. The van der Waals surface area contributed by atoms with Crippen molar-refractivity contribution in [1.82, 2.24) is 0 Å². The van der Waals surface area contributed by atoms with Crippen molar-refractivity contribution in [3.63, 3.8) is 0 Å². The van der Waals surface area contributed by atoms with E-state index in [0.717, 1.165) is 31.3 Å². The summed E-state index contributed by atoms with van der Waals surface area (Å²) in [6, 6.07) is 0. The Bertz CT molecular complexity index is 1000. The van der Waals surface area contributed by atoms with E-state index in [1.807, 2.05) is 19.9 Å². The number of ether oxygens (including phenoxy) is 1. The Labute approximate surface area is 251 Å². The predicted molar refractivity (Wildman–Crippen MR) is 140 cm³/mol. The van der Waals surface area contributed by atoms with Crippen LogP contribution in [0.25, 0.3) is 0 Å². The van der Waals surface area contributed by atoms with Crippen molar-refractivity contribution in [2.24, 2.45) is 39.9 Å². The first-order chi connectivity index (χ1) is 17.2. The van der Waals surface area contributed by atoms with Gasteiger partial charge < -0.3 is 24.9 Å². The molecule has 0 radical (unpaired) electrons. The third-order valence-corrected chi connectivity index (χ3v) is 11.6. The number of hydrogen-bond donors (Lipinski definition) is 2. The van der Waals surface area contributed by atoms with Gasteiger partial charge in [-0.2, -0.15) is 0 Å². The molecule has 0 bridgehead atoms.